The smallest absolute Gasteiger partial charge is 0.246 e. The first-order chi connectivity index (χ1) is 11.5. The van der Waals surface area contributed by atoms with Gasteiger partial charge in [0.1, 0.15) is 10.7 Å². The van der Waals surface area contributed by atoms with E-state index in [1.807, 2.05) is 0 Å². The van der Waals surface area contributed by atoms with Gasteiger partial charge in [-0.2, -0.15) is 4.31 Å². The number of likely N-dealkylation sites (tertiary alicyclic amines) is 1. The molecule has 24 heavy (non-hydrogen) atoms. The lowest BCUT2D eigenvalue weighted by atomic mass is 10.1. The van der Waals surface area contributed by atoms with Gasteiger partial charge in [-0.05, 0) is 63.4 Å². The molecule has 0 spiro atoms. The fraction of sp³-hybridized carbons (Fsp3) is 0.667. The van der Waals surface area contributed by atoms with Gasteiger partial charge in [-0.25, -0.2) is 12.8 Å². The number of benzene rings is 1. The van der Waals surface area contributed by atoms with Crippen LogP contribution >= 0.6 is 0 Å². The monoisotopic (exact) mass is 354 g/mol. The Morgan fingerprint density at radius 3 is 2.46 bits per heavy atom. The molecular weight excluding hydrogens is 327 g/mol. The van der Waals surface area contributed by atoms with Gasteiger partial charge in [0.05, 0.1) is 0 Å². The van der Waals surface area contributed by atoms with Gasteiger partial charge in [0.2, 0.25) is 10.0 Å². The third-order valence-electron chi connectivity index (χ3n) is 5.22. The molecule has 3 rings (SSSR count). The second kappa shape index (κ2) is 7.50. The lowest BCUT2D eigenvalue weighted by Gasteiger charge is -2.38. The molecule has 2 aliphatic heterocycles. The summed E-state index contributed by atoms with van der Waals surface area (Å²) in [4.78, 5) is 2.26. The Bertz CT molecular complexity index is 670. The number of sulfonamides is 1. The quantitative estimate of drug-likeness (QED) is 0.837. The van der Waals surface area contributed by atoms with Gasteiger partial charge < -0.3 is 0 Å². The van der Waals surface area contributed by atoms with Crippen LogP contribution in [-0.4, -0.2) is 49.8 Å². The summed E-state index contributed by atoms with van der Waals surface area (Å²) in [7, 11) is -3.76. The van der Waals surface area contributed by atoms with E-state index in [1.54, 1.807) is 13.0 Å². The number of hydrogen-bond acceptors (Lipinski definition) is 3. The molecule has 1 aromatic carbocycles. The maximum atomic E-state index is 14.1. The third kappa shape index (κ3) is 3.81. The molecule has 1 atom stereocenters. The van der Waals surface area contributed by atoms with Gasteiger partial charge in [0.15, 0.2) is 0 Å². The fourth-order valence-electron chi connectivity index (χ4n) is 3.84. The van der Waals surface area contributed by atoms with Crippen LogP contribution in [0.2, 0.25) is 0 Å². The highest BCUT2D eigenvalue weighted by atomic mass is 32.2. The second-order valence-electron chi connectivity index (χ2n) is 7.04. The Hall–Kier alpha value is -0.980. The predicted molar refractivity (Wildman–Crippen MR) is 93.0 cm³/mol. The summed E-state index contributed by atoms with van der Waals surface area (Å²) in [6.07, 6.45) is 6.78. The highest BCUT2D eigenvalue weighted by Gasteiger charge is 2.34. The second-order valence-corrected chi connectivity index (χ2v) is 8.95. The van der Waals surface area contributed by atoms with Crippen LogP contribution in [0.4, 0.5) is 4.39 Å². The van der Waals surface area contributed by atoms with Gasteiger partial charge in [-0.1, -0.05) is 18.9 Å². The van der Waals surface area contributed by atoms with E-state index in [2.05, 4.69) is 4.90 Å². The molecule has 2 heterocycles. The summed E-state index contributed by atoms with van der Waals surface area (Å²) in [5.41, 5.74) is 0.760. The number of halogens is 1. The summed E-state index contributed by atoms with van der Waals surface area (Å²) in [5, 5.41) is 0. The SMILES string of the molecule is Cc1ccc(F)c(S(=O)(=O)N2CCCC(N3CCCCCC3)C2)c1. The Morgan fingerprint density at radius 2 is 1.75 bits per heavy atom. The van der Waals surface area contributed by atoms with Gasteiger partial charge in [-0.3, -0.25) is 4.90 Å². The molecule has 2 fully saturated rings. The maximum Gasteiger partial charge on any atom is 0.246 e. The number of nitrogens with zero attached hydrogens (tertiary/aromatic N) is 2. The normalized spacial score (nSPS) is 24.7. The van der Waals surface area contributed by atoms with E-state index in [9.17, 15) is 12.8 Å². The molecular formula is C18H27FN2O2S. The van der Waals surface area contributed by atoms with Crippen LogP contribution in [0, 0.1) is 12.7 Å². The molecule has 134 valence electrons. The van der Waals surface area contributed by atoms with Crippen molar-refractivity contribution < 1.29 is 12.8 Å². The minimum absolute atomic E-state index is 0.181. The van der Waals surface area contributed by atoms with Gasteiger partial charge in [0, 0.05) is 19.1 Å². The average molecular weight is 354 g/mol. The van der Waals surface area contributed by atoms with Crippen molar-refractivity contribution in [2.75, 3.05) is 26.2 Å². The molecule has 6 heteroatoms. The van der Waals surface area contributed by atoms with Gasteiger partial charge >= 0.3 is 0 Å². The molecule has 2 aliphatic rings. The Labute approximate surface area is 144 Å². The summed E-state index contributed by atoms with van der Waals surface area (Å²) in [6.45, 7) is 4.86. The first kappa shape index (κ1) is 17.8. The van der Waals surface area contributed by atoms with Crippen molar-refractivity contribution in [3.05, 3.63) is 29.6 Å². The van der Waals surface area contributed by atoms with E-state index in [4.69, 9.17) is 0 Å². The van der Waals surface area contributed by atoms with Crippen molar-refractivity contribution in [1.82, 2.24) is 9.21 Å². The lowest BCUT2D eigenvalue weighted by molar-refractivity contribution is 0.139. The zero-order valence-corrected chi connectivity index (χ0v) is 15.2. The minimum Gasteiger partial charge on any atom is -0.299 e. The van der Waals surface area contributed by atoms with E-state index in [1.165, 1.54) is 42.1 Å². The molecule has 0 radical (unpaired) electrons. The first-order valence-corrected chi connectivity index (χ1v) is 10.4. The number of piperidine rings is 1. The first-order valence-electron chi connectivity index (χ1n) is 8.99. The number of aryl methyl sites for hydroxylation is 1. The van der Waals surface area contributed by atoms with Crippen LogP contribution in [0.5, 0.6) is 0 Å². The van der Waals surface area contributed by atoms with E-state index in [0.29, 0.717) is 13.1 Å². The Morgan fingerprint density at radius 1 is 1.04 bits per heavy atom. The average Bonchev–Trinajstić information content (AvgIpc) is 2.86. The highest BCUT2D eigenvalue weighted by molar-refractivity contribution is 7.89. The summed E-state index contributed by atoms with van der Waals surface area (Å²) in [5.74, 6) is -0.655. The van der Waals surface area contributed by atoms with Crippen LogP contribution in [0.3, 0.4) is 0 Å². The van der Waals surface area contributed by atoms with E-state index in [0.717, 1.165) is 31.5 Å². The Kier molecular flexibility index (Phi) is 5.57. The molecule has 1 unspecified atom stereocenters. The molecule has 0 amide bonds. The molecule has 0 bridgehead atoms. The number of hydrogen-bond donors (Lipinski definition) is 0. The van der Waals surface area contributed by atoms with E-state index >= 15 is 0 Å². The predicted octanol–water partition coefficient (Wildman–Crippen LogP) is 3.16. The Balaban J connectivity index is 1.79. The van der Waals surface area contributed by atoms with Crippen molar-refractivity contribution in [2.24, 2.45) is 0 Å². The minimum atomic E-state index is -3.76. The van der Waals surface area contributed by atoms with Crippen LogP contribution < -0.4 is 0 Å². The molecule has 4 nitrogen and oxygen atoms in total. The maximum absolute atomic E-state index is 14.1. The summed E-state index contributed by atoms with van der Waals surface area (Å²) >= 11 is 0. The van der Waals surface area contributed by atoms with Crippen molar-refractivity contribution in [3.63, 3.8) is 0 Å². The zero-order valence-electron chi connectivity index (χ0n) is 14.4. The topological polar surface area (TPSA) is 40.6 Å². The number of rotatable bonds is 3. The molecule has 2 saturated heterocycles. The van der Waals surface area contributed by atoms with Crippen LogP contribution in [0.15, 0.2) is 23.1 Å². The molecule has 0 aliphatic carbocycles. The van der Waals surface area contributed by atoms with Crippen LogP contribution in [0.25, 0.3) is 0 Å². The van der Waals surface area contributed by atoms with E-state index in [-0.39, 0.29) is 10.9 Å². The van der Waals surface area contributed by atoms with Gasteiger partial charge in [0.25, 0.3) is 0 Å². The molecule has 0 saturated carbocycles. The van der Waals surface area contributed by atoms with E-state index < -0.39 is 15.8 Å². The summed E-state index contributed by atoms with van der Waals surface area (Å²) < 4.78 is 41.4. The molecule has 0 N–H and O–H groups in total. The largest absolute Gasteiger partial charge is 0.299 e. The lowest BCUT2D eigenvalue weighted by Crippen LogP contribution is -2.50. The van der Waals surface area contributed by atoms with Gasteiger partial charge in [-0.15, -0.1) is 0 Å². The highest BCUT2D eigenvalue weighted by Crippen LogP contribution is 2.26. The zero-order chi connectivity index (χ0) is 17.2. The molecule has 0 aromatic heterocycles. The third-order valence-corrected chi connectivity index (χ3v) is 7.10. The summed E-state index contributed by atoms with van der Waals surface area (Å²) in [6, 6.07) is 4.56. The van der Waals surface area contributed by atoms with Crippen molar-refractivity contribution in [2.45, 2.75) is 56.4 Å². The standard InChI is InChI=1S/C18H27FN2O2S/c1-15-8-9-17(19)18(13-15)24(22,23)21-12-6-7-16(14-21)20-10-4-2-3-5-11-20/h8-9,13,16H,2-7,10-12,14H2,1H3. The van der Waals surface area contributed by atoms with Crippen molar-refractivity contribution >= 4 is 10.0 Å². The fourth-order valence-corrected chi connectivity index (χ4v) is 5.51. The molecule has 1 aromatic rings. The van der Waals surface area contributed by atoms with Crippen molar-refractivity contribution in [1.29, 1.82) is 0 Å². The van der Waals surface area contributed by atoms with Crippen LogP contribution in [-0.2, 0) is 10.0 Å². The van der Waals surface area contributed by atoms with Crippen LogP contribution in [0.1, 0.15) is 44.1 Å². The van der Waals surface area contributed by atoms with Crippen molar-refractivity contribution in [3.8, 4) is 0 Å².